The van der Waals surface area contributed by atoms with Crippen molar-refractivity contribution in [3.05, 3.63) is 69.7 Å². The Labute approximate surface area is 177 Å². The molecule has 5 rings (SSSR count). The van der Waals surface area contributed by atoms with E-state index < -0.39 is 5.41 Å². The van der Waals surface area contributed by atoms with Crippen LogP contribution in [0, 0.1) is 0 Å². The number of carbonyl (C=O) groups excluding carboxylic acids is 1. The zero-order valence-corrected chi connectivity index (χ0v) is 17.3. The van der Waals surface area contributed by atoms with Gasteiger partial charge in [0.2, 0.25) is 12.7 Å². The van der Waals surface area contributed by atoms with E-state index in [1.165, 1.54) is 11.3 Å². The summed E-state index contributed by atoms with van der Waals surface area (Å²) in [6.07, 6.45) is 3.44. The van der Waals surface area contributed by atoms with Gasteiger partial charge in [-0.05, 0) is 42.2 Å². The second-order valence-corrected chi connectivity index (χ2v) is 8.88. The molecule has 3 aromatic rings. The lowest BCUT2D eigenvalue weighted by atomic mass is 9.94. The predicted molar refractivity (Wildman–Crippen MR) is 113 cm³/mol. The molecule has 0 spiro atoms. The molecule has 2 aliphatic rings. The first-order valence-electron chi connectivity index (χ1n) is 9.48. The Balaban J connectivity index is 1.33. The molecule has 0 bridgehead atoms. The smallest absolute Gasteiger partial charge is 0.236 e. The quantitative estimate of drug-likeness (QED) is 0.597. The van der Waals surface area contributed by atoms with Crippen molar-refractivity contribution in [2.75, 3.05) is 12.1 Å². The fourth-order valence-electron chi connectivity index (χ4n) is 3.71. The molecule has 1 fully saturated rings. The minimum absolute atomic E-state index is 0.0253. The molecule has 29 heavy (non-hydrogen) atoms. The van der Waals surface area contributed by atoms with Crippen LogP contribution in [0.3, 0.4) is 0 Å². The van der Waals surface area contributed by atoms with Gasteiger partial charge in [0.1, 0.15) is 0 Å². The number of aromatic nitrogens is 1. The van der Waals surface area contributed by atoms with Gasteiger partial charge in [0.15, 0.2) is 16.6 Å². The molecular weight excluding hydrogens is 408 g/mol. The maximum absolute atomic E-state index is 13.1. The molecule has 1 saturated carbocycles. The van der Waals surface area contributed by atoms with Gasteiger partial charge in [-0.15, -0.1) is 11.3 Å². The number of nitrogens with one attached hydrogen (secondary N) is 1. The van der Waals surface area contributed by atoms with Crippen molar-refractivity contribution in [1.82, 2.24) is 4.98 Å². The largest absolute Gasteiger partial charge is 0.454 e. The third-order valence-electron chi connectivity index (χ3n) is 5.65. The molecule has 148 valence electrons. The zero-order chi connectivity index (χ0) is 20.0. The first-order valence-corrected chi connectivity index (χ1v) is 10.7. The number of rotatable bonds is 5. The predicted octanol–water partition coefficient (Wildman–Crippen LogP) is 5.35. The summed E-state index contributed by atoms with van der Waals surface area (Å²) >= 11 is 7.82. The Kier molecular flexibility index (Phi) is 4.48. The summed E-state index contributed by atoms with van der Waals surface area (Å²) in [5.74, 6) is 1.51. The number of ether oxygens (including phenoxy) is 2. The lowest BCUT2D eigenvalue weighted by Crippen LogP contribution is -2.27. The second kappa shape index (κ2) is 7.04. The van der Waals surface area contributed by atoms with Gasteiger partial charge >= 0.3 is 0 Å². The summed E-state index contributed by atoms with van der Waals surface area (Å²) < 4.78 is 10.8. The highest BCUT2D eigenvalue weighted by molar-refractivity contribution is 7.15. The number of benzene rings is 2. The Bertz CT molecular complexity index is 1090. The Morgan fingerprint density at radius 2 is 2.00 bits per heavy atom. The van der Waals surface area contributed by atoms with Crippen LogP contribution in [0.15, 0.2) is 48.7 Å². The minimum Gasteiger partial charge on any atom is -0.454 e. The highest BCUT2D eigenvalue weighted by Gasteiger charge is 2.52. The van der Waals surface area contributed by atoms with Gasteiger partial charge in [0.05, 0.1) is 5.41 Å². The van der Waals surface area contributed by atoms with E-state index in [0.717, 1.165) is 39.6 Å². The molecule has 1 amide bonds. The van der Waals surface area contributed by atoms with E-state index >= 15 is 0 Å². The number of halogens is 1. The number of hydrogen-bond donors (Lipinski definition) is 1. The van der Waals surface area contributed by atoms with Crippen molar-refractivity contribution in [3.8, 4) is 11.5 Å². The summed E-state index contributed by atoms with van der Waals surface area (Å²) in [6.45, 7) is 2.32. The number of thiazole rings is 1. The molecule has 0 saturated heterocycles. The molecule has 1 N–H and O–H groups in total. The lowest BCUT2D eigenvalue weighted by Gasteiger charge is -2.15. The summed E-state index contributed by atoms with van der Waals surface area (Å²) in [5, 5.41) is 4.36. The second-order valence-electron chi connectivity index (χ2n) is 7.42. The average Bonchev–Trinajstić information content (AvgIpc) is 3.18. The zero-order valence-electron chi connectivity index (χ0n) is 15.8. The molecule has 0 radical (unpaired) electrons. The van der Waals surface area contributed by atoms with Gasteiger partial charge < -0.3 is 14.8 Å². The monoisotopic (exact) mass is 426 g/mol. The van der Waals surface area contributed by atoms with Gasteiger partial charge in [-0.1, -0.05) is 42.8 Å². The maximum Gasteiger partial charge on any atom is 0.236 e. The van der Waals surface area contributed by atoms with Gasteiger partial charge in [0, 0.05) is 22.0 Å². The van der Waals surface area contributed by atoms with Gasteiger partial charge in [0.25, 0.3) is 0 Å². The van der Waals surface area contributed by atoms with E-state index in [9.17, 15) is 4.79 Å². The molecule has 1 atom stereocenters. The number of nitrogens with zero attached hydrogens (tertiary/aromatic N) is 1. The highest BCUT2D eigenvalue weighted by atomic mass is 35.5. The lowest BCUT2D eigenvalue weighted by molar-refractivity contribution is -0.118. The molecule has 1 aromatic heterocycles. The normalized spacial score (nSPS) is 17.0. The maximum atomic E-state index is 13.1. The summed E-state index contributed by atoms with van der Waals surface area (Å²) in [5.41, 5.74) is 1.50. The van der Waals surface area contributed by atoms with Gasteiger partial charge in [-0.25, -0.2) is 4.98 Å². The van der Waals surface area contributed by atoms with Crippen molar-refractivity contribution >= 4 is 34.0 Å². The molecule has 1 aliphatic carbocycles. The average molecular weight is 427 g/mol. The topological polar surface area (TPSA) is 60.5 Å². The van der Waals surface area contributed by atoms with Crippen LogP contribution in [0.4, 0.5) is 5.13 Å². The first-order chi connectivity index (χ1) is 14.1. The van der Waals surface area contributed by atoms with Crippen molar-refractivity contribution in [2.45, 2.75) is 31.1 Å². The van der Waals surface area contributed by atoms with E-state index in [0.29, 0.717) is 10.9 Å². The van der Waals surface area contributed by atoms with E-state index in [-0.39, 0.29) is 18.6 Å². The first kappa shape index (κ1) is 18.5. The number of hydrogen-bond acceptors (Lipinski definition) is 5. The highest BCUT2D eigenvalue weighted by Crippen LogP contribution is 2.51. The Morgan fingerprint density at radius 3 is 2.79 bits per heavy atom. The summed E-state index contributed by atoms with van der Waals surface area (Å²) in [6, 6.07) is 13.5. The Morgan fingerprint density at radius 1 is 1.21 bits per heavy atom. The van der Waals surface area contributed by atoms with Crippen LogP contribution < -0.4 is 14.8 Å². The fourth-order valence-corrected chi connectivity index (χ4v) is 4.89. The van der Waals surface area contributed by atoms with Crippen LogP contribution in [0.2, 0.25) is 5.02 Å². The molecule has 2 heterocycles. The summed E-state index contributed by atoms with van der Waals surface area (Å²) in [4.78, 5) is 18.5. The number of fused-ring (bicyclic) bond motifs is 1. The molecule has 1 aliphatic heterocycles. The van der Waals surface area contributed by atoms with E-state index in [1.807, 2.05) is 48.7 Å². The summed E-state index contributed by atoms with van der Waals surface area (Å²) in [7, 11) is 0. The van der Waals surface area contributed by atoms with Gasteiger partial charge in [-0.3, -0.25) is 4.79 Å². The molecule has 2 aromatic carbocycles. The van der Waals surface area contributed by atoms with Crippen molar-refractivity contribution < 1.29 is 14.3 Å². The Hall–Kier alpha value is -2.57. The SMILES string of the molecule is CC(c1cnc(NC(=O)C2(c3ccc4c(c3)OCO4)CC2)s1)c1ccccc1Cl. The van der Waals surface area contributed by atoms with E-state index in [1.54, 1.807) is 0 Å². The van der Waals surface area contributed by atoms with E-state index in [4.69, 9.17) is 21.1 Å². The van der Waals surface area contributed by atoms with Crippen LogP contribution in [-0.4, -0.2) is 17.7 Å². The van der Waals surface area contributed by atoms with Crippen LogP contribution >= 0.6 is 22.9 Å². The third-order valence-corrected chi connectivity index (χ3v) is 7.09. The fraction of sp³-hybridized carbons (Fsp3) is 0.273. The van der Waals surface area contributed by atoms with Crippen LogP contribution in [-0.2, 0) is 10.2 Å². The molecule has 7 heteroatoms. The standard InChI is InChI=1S/C22H19ClN2O3S/c1-13(15-4-2-3-5-16(15)23)19-11-24-21(29-19)25-20(26)22(8-9-22)14-6-7-17-18(10-14)28-12-27-17/h2-7,10-11,13H,8-9,12H2,1H3,(H,24,25,26). The molecular formula is C22H19ClN2O3S. The van der Waals surface area contributed by atoms with Crippen LogP contribution in [0.25, 0.3) is 0 Å². The molecule has 1 unspecified atom stereocenters. The van der Waals surface area contributed by atoms with Gasteiger partial charge in [-0.2, -0.15) is 0 Å². The van der Waals surface area contributed by atoms with Crippen LogP contribution in [0.1, 0.15) is 41.7 Å². The molecule has 5 nitrogen and oxygen atoms in total. The minimum atomic E-state index is -0.513. The van der Waals surface area contributed by atoms with Crippen molar-refractivity contribution in [1.29, 1.82) is 0 Å². The number of anilines is 1. The third kappa shape index (κ3) is 3.26. The van der Waals surface area contributed by atoms with Crippen LogP contribution in [0.5, 0.6) is 11.5 Å². The van der Waals surface area contributed by atoms with Crippen molar-refractivity contribution in [2.24, 2.45) is 0 Å². The number of carbonyl (C=O) groups is 1. The van der Waals surface area contributed by atoms with E-state index in [2.05, 4.69) is 17.2 Å². The number of amides is 1. The van der Waals surface area contributed by atoms with Crippen molar-refractivity contribution in [3.63, 3.8) is 0 Å².